The summed E-state index contributed by atoms with van der Waals surface area (Å²) in [5.74, 6) is 0.0624. The second kappa shape index (κ2) is 5.16. The van der Waals surface area contributed by atoms with Crippen molar-refractivity contribution in [3.63, 3.8) is 0 Å². The SMILES string of the molecule is O=C1CCCN1c1cccc(NS(=O)(=O)CCl)c1. The van der Waals surface area contributed by atoms with Crippen molar-refractivity contribution < 1.29 is 13.2 Å². The fourth-order valence-corrected chi connectivity index (χ4v) is 2.57. The van der Waals surface area contributed by atoms with Gasteiger partial charge in [-0.2, -0.15) is 0 Å². The largest absolute Gasteiger partial charge is 0.312 e. The normalized spacial score (nSPS) is 16.1. The molecule has 1 N–H and O–H groups in total. The van der Waals surface area contributed by atoms with Crippen LogP contribution in [-0.2, 0) is 14.8 Å². The number of carbonyl (C=O) groups excluding carboxylic acids is 1. The lowest BCUT2D eigenvalue weighted by atomic mass is 10.2. The number of anilines is 2. The topological polar surface area (TPSA) is 66.5 Å². The minimum absolute atomic E-state index is 0.0624. The monoisotopic (exact) mass is 288 g/mol. The van der Waals surface area contributed by atoms with Gasteiger partial charge in [0.05, 0.1) is 5.69 Å². The summed E-state index contributed by atoms with van der Waals surface area (Å²) in [5.41, 5.74) is 1.11. The Morgan fingerprint density at radius 1 is 1.39 bits per heavy atom. The summed E-state index contributed by atoms with van der Waals surface area (Å²) < 4.78 is 25.0. The van der Waals surface area contributed by atoms with Gasteiger partial charge in [0.25, 0.3) is 0 Å². The minimum atomic E-state index is -3.51. The molecule has 0 atom stereocenters. The third kappa shape index (κ3) is 2.94. The number of carbonyl (C=O) groups is 1. The van der Waals surface area contributed by atoms with Gasteiger partial charge in [-0.15, -0.1) is 11.6 Å². The molecule has 1 aromatic carbocycles. The van der Waals surface area contributed by atoms with Crippen molar-refractivity contribution in [2.24, 2.45) is 0 Å². The average Bonchev–Trinajstić information content (AvgIpc) is 2.75. The van der Waals surface area contributed by atoms with Gasteiger partial charge in [-0.25, -0.2) is 8.42 Å². The number of nitrogens with zero attached hydrogens (tertiary/aromatic N) is 1. The Hall–Kier alpha value is -1.27. The highest BCUT2D eigenvalue weighted by molar-refractivity contribution is 7.93. The van der Waals surface area contributed by atoms with Crippen molar-refractivity contribution in [3.05, 3.63) is 24.3 Å². The number of alkyl halides is 1. The minimum Gasteiger partial charge on any atom is -0.312 e. The van der Waals surface area contributed by atoms with Gasteiger partial charge in [0, 0.05) is 18.7 Å². The lowest BCUT2D eigenvalue weighted by molar-refractivity contribution is -0.117. The Balaban J connectivity index is 2.22. The predicted molar refractivity (Wildman–Crippen MR) is 71.3 cm³/mol. The average molecular weight is 289 g/mol. The fraction of sp³-hybridized carbons (Fsp3) is 0.364. The first-order chi connectivity index (χ1) is 8.52. The zero-order valence-corrected chi connectivity index (χ0v) is 11.2. The van der Waals surface area contributed by atoms with E-state index >= 15 is 0 Å². The van der Waals surface area contributed by atoms with Crippen LogP contribution in [0.3, 0.4) is 0 Å². The third-order valence-electron chi connectivity index (χ3n) is 2.65. The quantitative estimate of drug-likeness (QED) is 0.859. The van der Waals surface area contributed by atoms with Crippen LogP contribution in [0.4, 0.5) is 11.4 Å². The molecule has 1 aliphatic heterocycles. The van der Waals surface area contributed by atoms with Gasteiger partial charge in [0.1, 0.15) is 5.21 Å². The maximum absolute atomic E-state index is 11.6. The van der Waals surface area contributed by atoms with Crippen LogP contribution in [0.2, 0.25) is 0 Å². The second-order valence-electron chi connectivity index (χ2n) is 4.03. The van der Waals surface area contributed by atoms with E-state index in [1.807, 2.05) is 0 Å². The molecule has 0 radical (unpaired) electrons. The second-order valence-corrected chi connectivity index (χ2v) is 6.33. The Morgan fingerprint density at radius 3 is 2.78 bits per heavy atom. The third-order valence-corrected chi connectivity index (χ3v) is 4.34. The van der Waals surface area contributed by atoms with E-state index in [1.54, 1.807) is 29.2 Å². The Labute approximate surface area is 111 Å². The molecule has 0 bridgehead atoms. The van der Waals surface area contributed by atoms with E-state index in [0.717, 1.165) is 6.42 Å². The number of halogens is 1. The molecule has 2 rings (SSSR count). The number of hydrogen-bond acceptors (Lipinski definition) is 3. The zero-order valence-electron chi connectivity index (χ0n) is 9.60. The van der Waals surface area contributed by atoms with Crippen molar-refractivity contribution in [2.45, 2.75) is 12.8 Å². The summed E-state index contributed by atoms with van der Waals surface area (Å²) in [5, 5.41) is -0.500. The van der Waals surface area contributed by atoms with Crippen molar-refractivity contribution in [1.82, 2.24) is 0 Å². The first kappa shape index (κ1) is 13.2. The van der Waals surface area contributed by atoms with Gasteiger partial charge in [-0.1, -0.05) is 6.07 Å². The molecule has 98 valence electrons. The standard InChI is InChI=1S/C11H13ClN2O3S/c12-8-18(16,17)13-9-3-1-4-10(7-9)14-6-2-5-11(14)15/h1,3-4,7,13H,2,5-6,8H2. The van der Waals surface area contributed by atoms with Crippen LogP contribution >= 0.6 is 11.6 Å². The molecular formula is C11H13ClN2O3S. The first-order valence-corrected chi connectivity index (χ1v) is 7.67. The highest BCUT2D eigenvalue weighted by Gasteiger charge is 2.21. The van der Waals surface area contributed by atoms with E-state index in [2.05, 4.69) is 4.72 Å². The predicted octanol–water partition coefficient (Wildman–Crippen LogP) is 1.75. The molecular weight excluding hydrogens is 276 g/mol. The Bertz CT molecular complexity index is 559. The van der Waals surface area contributed by atoms with Gasteiger partial charge in [0.2, 0.25) is 15.9 Å². The molecule has 0 unspecified atom stereocenters. The number of nitrogens with one attached hydrogen (secondary N) is 1. The lowest BCUT2D eigenvalue weighted by Crippen LogP contribution is -2.23. The molecule has 1 amide bonds. The summed E-state index contributed by atoms with van der Waals surface area (Å²) in [6.45, 7) is 0.671. The van der Waals surface area contributed by atoms with Gasteiger partial charge in [0.15, 0.2) is 0 Å². The Morgan fingerprint density at radius 2 is 2.17 bits per heavy atom. The summed E-state index contributed by atoms with van der Waals surface area (Å²) in [6.07, 6.45) is 1.37. The van der Waals surface area contributed by atoms with Crippen LogP contribution in [0.1, 0.15) is 12.8 Å². The van der Waals surface area contributed by atoms with Crippen molar-refractivity contribution in [1.29, 1.82) is 0 Å². The highest BCUT2D eigenvalue weighted by atomic mass is 35.5. The molecule has 1 fully saturated rings. The molecule has 0 spiro atoms. The lowest BCUT2D eigenvalue weighted by Gasteiger charge is -2.16. The fourth-order valence-electron chi connectivity index (χ4n) is 1.87. The molecule has 0 aliphatic carbocycles. The van der Waals surface area contributed by atoms with Gasteiger partial charge in [-0.3, -0.25) is 9.52 Å². The van der Waals surface area contributed by atoms with E-state index < -0.39 is 15.2 Å². The molecule has 1 heterocycles. The number of hydrogen-bond donors (Lipinski definition) is 1. The van der Waals surface area contributed by atoms with Crippen molar-refractivity contribution in [3.8, 4) is 0 Å². The molecule has 18 heavy (non-hydrogen) atoms. The van der Waals surface area contributed by atoms with Crippen LogP contribution in [-0.4, -0.2) is 26.1 Å². The first-order valence-electron chi connectivity index (χ1n) is 5.49. The number of sulfonamides is 1. The Kier molecular flexibility index (Phi) is 3.77. The van der Waals surface area contributed by atoms with Crippen LogP contribution in [0, 0.1) is 0 Å². The van der Waals surface area contributed by atoms with E-state index in [9.17, 15) is 13.2 Å². The smallest absolute Gasteiger partial charge is 0.246 e. The van der Waals surface area contributed by atoms with Crippen LogP contribution in [0.5, 0.6) is 0 Å². The summed E-state index contributed by atoms with van der Waals surface area (Å²) in [7, 11) is -3.51. The molecule has 0 saturated carbocycles. The number of amides is 1. The van der Waals surface area contributed by atoms with Crippen molar-refractivity contribution >= 4 is 38.9 Å². The highest BCUT2D eigenvalue weighted by Crippen LogP contribution is 2.24. The molecule has 5 nitrogen and oxygen atoms in total. The zero-order chi connectivity index (χ0) is 13.2. The van der Waals surface area contributed by atoms with E-state index in [1.165, 1.54) is 0 Å². The van der Waals surface area contributed by atoms with Gasteiger partial charge >= 0.3 is 0 Å². The summed E-state index contributed by atoms with van der Waals surface area (Å²) in [6, 6.07) is 6.73. The van der Waals surface area contributed by atoms with Crippen LogP contribution in [0.15, 0.2) is 24.3 Å². The number of benzene rings is 1. The summed E-state index contributed by atoms with van der Waals surface area (Å²) in [4.78, 5) is 13.2. The van der Waals surface area contributed by atoms with E-state index in [-0.39, 0.29) is 5.91 Å². The van der Waals surface area contributed by atoms with E-state index in [4.69, 9.17) is 11.6 Å². The van der Waals surface area contributed by atoms with Gasteiger partial charge in [-0.05, 0) is 24.6 Å². The molecule has 1 aromatic rings. The van der Waals surface area contributed by atoms with E-state index in [0.29, 0.717) is 24.3 Å². The molecule has 0 aromatic heterocycles. The maximum atomic E-state index is 11.6. The van der Waals surface area contributed by atoms with Crippen molar-refractivity contribution in [2.75, 3.05) is 21.4 Å². The molecule has 7 heteroatoms. The molecule has 1 saturated heterocycles. The summed E-state index contributed by atoms with van der Waals surface area (Å²) >= 11 is 5.32. The molecule has 1 aliphatic rings. The van der Waals surface area contributed by atoms with Crippen LogP contribution < -0.4 is 9.62 Å². The number of rotatable bonds is 4. The van der Waals surface area contributed by atoms with Gasteiger partial charge < -0.3 is 4.90 Å². The maximum Gasteiger partial charge on any atom is 0.246 e. The van der Waals surface area contributed by atoms with Crippen LogP contribution in [0.25, 0.3) is 0 Å².